The third-order valence-corrected chi connectivity index (χ3v) is 11.5. The fourth-order valence-corrected chi connectivity index (χ4v) is 8.39. The Kier molecular flexibility index (Phi) is 9.24. The van der Waals surface area contributed by atoms with Gasteiger partial charge in [-0.25, -0.2) is 15.0 Å². The van der Waals surface area contributed by atoms with Crippen molar-refractivity contribution in [1.29, 1.82) is 0 Å². The molecule has 4 N–H and O–H groups in total. The SMILES string of the molecule is c1ccc(Nc2cccc3c2Nc2cc(Cc4ccc5c(c4)Nc4c(cccc4Nc4ccc(-c6nc(-c7ccccc7)nc(-c7ccccc7)n6)cc4)C5)ccc2C3)cc1. The zero-order valence-electron chi connectivity index (χ0n) is 33.4. The highest BCUT2D eigenvalue weighted by Crippen LogP contribution is 2.41. The third-order valence-electron chi connectivity index (χ3n) is 11.5. The summed E-state index contributed by atoms with van der Waals surface area (Å²) in [6, 6.07) is 65.5. The second-order valence-corrected chi connectivity index (χ2v) is 15.7. The van der Waals surface area contributed by atoms with Crippen LogP contribution in [0.3, 0.4) is 0 Å². The number of anilines is 8. The van der Waals surface area contributed by atoms with E-state index in [9.17, 15) is 0 Å². The average Bonchev–Trinajstić information content (AvgIpc) is 3.31. The Labute approximate surface area is 355 Å². The smallest absolute Gasteiger partial charge is 0.164 e. The molecule has 8 aromatic carbocycles. The Bertz CT molecular complexity index is 2980. The molecule has 0 amide bonds. The van der Waals surface area contributed by atoms with Crippen LogP contribution in [-0.4, -0.2) is 15.0 Å². The molecule has 61 heavy (non-hydrogen) atoms. The summed E-state index contributed by atoms with van der Waals surface area (Å²) in [5.74, 6) is 1.93. The van der Waals surface area contributed by atoms with Crippen molar-refractivity contribution in [2.24, 2.45) is 0 Å². The molecule has 0 saturated carbocycles. The van der Waals surface area contributed by atoms with E-state index in [1.165, 1.54) is 39.1 Å². The molecule has 0 atom stereocenters. The molecule has 7 heteroatoms. The molecule has 7 nitrogen and oxygen atoms in total. The van der Waals surface area contributed by atoms with E-state index in [0.29, 0.717) is 17.5 Å². The minimum absolute atomic E-state index is 0.632. The zero-order valence-corrected chi connectivity index (χ0v) is 33.4. The summed E-state index contributed by atoms with van der Waals surface area (Å²) >= 11 is 0. The lowest BCUT2D eigenvalue weighted by Gasteiger charge is -2.26. The summed E-state index contributed by atoms with van der Waals surface area (Å²) in [6.45, 7) is 0. The first-order chi connectivity index (χ1) is 30.1. The van der Waals surface area contributed by atoms with Crippen LogP contribution in [0.2, 0.25) is 0 Å². The molecular formula is C54H41N7. The van der Waals surface area contributed by atoms with Gasteiger partial charge in [-0.3, -0.25) is 0 Å². The Balaban J connectivity index is 0.812. The highest BCUT2D eigenvalue weighted by molar-refractivity contribution is 5.86. The van der Waals surface area contributed by atoms with Gasteiger partial charge in [0.15, 0.2) is 17.5 Å². The van der Waals surface area contributed by atoms with E-state index in [1.807, 2.05) is 66.7 Å². The van der Waals surface area contributed by atoms with Crippen LogP contribution in [0, 0.1) is 0 Å². The van der Waals surface area contributed by atoms with Gasteiger partial charge in [0.05, 0.1) is 22.7 Å². The maximum atomic E-state index is 4.91. The Morgan fingerprint density at radius 1 is 0.377 bits per heavy atom. The first kappa shape index (κ1) is 36.1. The summed E-state index contributed by atoms with van der Waals surface area (Å²) < 4.78 is 0. The normalized spacial score (nSPS) is 12.1. The fraction of sp³-hybridized carbons (Fsp3) is 0.0556. The van der Waals surface area contributed by atoms with Crippen LogP contribution in [-0.2, 0) is 19.3 Å². The molecule has 0 fully saturated rings. The third kappa shape index (κ3) is 7.45. The monoisotopic (exact) mass is 787 g/mol. The highest BCUT2D eigenvalue weighted by atomic mass is 15.0. The van der Waals surface area contributed by atoms with Crippen LogP contribution >= 0.6 is 0 Å². The van der Waals surface area contributed by atoms with Gasteiger partial charge in [0.2, 0.25) is 0 Å². The fourth-order valence-electron chi connectivity index (χ4n) is 8.39. The predicted molar refractivity (Wildman–Crippen MR) is 250 cm³/mol. The van der Waals surface area contributed by atoms with Crippen molar-refractivity contribution >= 4 is 45.5 Å². The van der Waals surface area contributed by atoms with Crippen LogP contribution in [0.1, 0.15) is 33.4 Å². The molecule has 0 bridgehead atoms. The summed E-state index contributed by atoms with van der Waals surface area (Å²) in [7, 11) is 0. The maximum absolute atomic E-state index is 4.91. The summed E-state index contributed by atoms with van der Waals surface area (Å²) in [4.78, 5) is 14.7. The van der Waals surface area contributed by atoms with Crippen molar-refractivity contribution in [3.05, 3.63) is 221 Å². The van der Waals surface area contributed by atoms with Crippen LogP contribution in [0.15, 0.2) is 188 Å². The molecule has 3 heterocycles. The van der Waals surface area contributed by atoms with Gasteiger partial charge >= 0.3 is 0 Å². The van der Waals surface area contributed by atoms with Crippen molar-refractivity contribution in [1.82, 2.24) is 15.0 Å². The Morgan fingerprint density at radius 2 is 0.803 bits per heavy atom. The van der Waals surface area contributed by atoms with Gasteiger partial charge in [-0.2, -0.15) is 0 Å². The number of nitrogens with one attached hydrogen (secondary N) is 4. The van der Waals surface area contributed by atoms with Crippen LogP contribution in [0.25, 0.3) is 34.2 Å². The molecule has 2 aliphatic heterocycles. The lowest BCUT2D eigenvalue weighted by molar-refractivity contribution is 1.07. The summed E-state index contributed by atoms with van der Waals surface area (Å²) in [5, 5.41) is 14.9. The number of hydrogen-bond acceptors (Lipinski definition) is 7. The summed E-state index contributed by atoms with van der Waals surface area (Å²) in [5.41, 5.74) is 19.2. The minimum Gasteiger partial charge on any atom is -0.354 e. The van der Waals surface area contributed by atoms with Crippen molar-refractivity contribution in [2.45, 2.75) is 19.3 Å². The van der Waals surface area contributed by atoms with Crippen molar-refractivity contribution in [3.8, 4) is 34.2 Å². The lowest BCUT2D eigenvalue weighted by atomic mass is 9.92. The van der Waals surface area contributed by atoms with Crippen molar-refractivity contribution < 1.29 is 0 Å². The second kappa shape index (κ2) is 15.6. The van der Waals surface area contributed by atoms with Gasteiger partial charge in [0.25, 0.3) is 0 Å². The lowest BCUT2D eigenvalue weighted by Crippen LogP contribution is -2.10. The van der Waals surface area contributed by atoms with E-state index in [1.54, 1.807) is 0 Å². The van der Waals surface area contributed by atoms with Gasteiger partial charge in [0.1, 0.15) is 0 Å². The number of nitrogens with zero attached hydrogens (tertiary/aromatic N) is 3. The number of fused-ring (bicyclic) bond motifs is 4. The number of hydrogen-bond donors (Lipinski definition) is 4. The van der Waals surface area contributed by atoms with E-state index >= 15 is 0 Å². The largest absolute Gasteiger partial charge is 0.354 e. The number of benzene rings is 8. The molecule has 0 radical (unpaired) electrons. The van der Waals surface area contributed by atoms with E-state index in [2.05, 4.69) is 143 Å². The topological polar surface area (TPSA) is 86.8 Å². The number of aromatic nitrogens is 3. The first-order valence-electron chi connectivity index (χ1n) is 20.7. The predicted octanol–water partition coefficient (Wildman–Crippen LogP) is 13.2. The van der Waals surface area contributed by atoms with Gasteiger partial charge in [-0.15, -0.1) is 0 Å². The summed E-state index contributed by atoms with van der Waals surface area (Å²) in [6.07, 6.45) is 2.59. The molecular weight excluding hydrogens is 747 g/mol. The standard InChI is InChI=1S/C54H41N7/c1-4-12-37(13-5-1)52-59-53(38-14-6-2-7-15-38)61-54(60-52)39-26-28-45(29-27-39)56-47-21-11-17-43-34-41-25-23-36(32-49(41)58-51(43)47)30-35-22-24-40-33-42-16-10-20-46(50(42)57-48(40)31-35)55-44-18-8-3-9-19-44/h1-29,31-32,55-58H,30,33-34H2. The van der Waals surface area contributed by atoms with Crippen LogP contribution in [0.5, 0.6) is 0 Å². The van der Waals surface area contributed by atoms with Crippen molar-refractivity contribution in [3.63, 3.8) is 0 Å². The maximum Gasteiger partial charge on any atom is 0.164 e. The average molecular weight is 788 g/mol. The zero-order chi connectivity index (χ0) is 40.5. The quantitative estimate of drug-likeness (QED) is 0.116. The van der Waals surface area contributed by atoms with Gasteiger partial charge in [-0.05, 0) is 100 Å². The molecule has 0 aliphatic carbocycles. The molecule has 1 aromatic heterocycles. The number of para-hydroxylation sites is 3. The minimum atomic E-state index is 0.632. The Morgan fingerprint density at radius 3 is 1.28 bits per heavy atom. The molecule has 0 spiro atoms. The second-order valence-electron chi connectivity index (χ2n) is 15.7. The van der Waals surface area contributed by atoms with Gasteiger partial charge < -0.3 is 21.3 Å². The van der Waals surface area contributed by atoms with Gasteiger partial charge in [0, 0.05) is 52.3 Å². The molecule has 0 unspecified atom stereocenters. The molecule has 11 rings (SSSR count). The molecule has 9 aromatic rings. The van der Waals surface area contributed by atoms with Gasteiger partial charge in [-0.1, -0.05) is 127 Å². The molecule has 292 valence electrons. The van der Waals surface area contributed by atoms with Crippen molar-refractivity contribution in [2.75, 3.05) is 21.3 Å². The van der Waals surface area contributed by atoms with Crippen LogP contribution < -0.4 is 21.3 Å². The van der Waals surface area contributed by atoms with Crippen LogP contribution in [0.4, 0.5) is 45.5 Å². The van der Waals surface area contributed by atoms with E-state index < -0.39 is 0 Å². The van der Waals surface area contributed by atoms with E-state index in [0.717, 1.165) is 75.8 Å². The van der Waals surface area contributed by atoms with E-state index in [4.69, 9.17) is 15.0 Å². The highest BCUT2D eigenvalue weighted by Gasteiger charge is 2.21. The first-order valence-corrected chi connectivity index (χ1v) is 20.7. The number of rotatable bonds is 9. The Hall–Kier alpha value is -8.03. The molecule has 2 aliphatic rings. The molecule has 0 saturated heterocycles. The van der Waals surface area contributed by atoms with E-state index in [-0.39, 0.29) is 0 Å².